The Kier molecular flexibility index (Phi) is 6.46. The Bertz CT molecular complexity index is 1190. The van der Waals surface area contributed by atoms with Crippen molar-refractivity contribution in [3.8, 4) is 5.88 Å². The van der Waals surface area contributed by atoms with Crippen molar-refractivity contribution in [2.24, 2.45) is 5.84 Å². The van der Waals surface area contributed by atoms with E-state index in [1.54, 1.807) is 18.2 Å². The topological polar surface area (TPSA) is 189 Å². The van der Waals surface area contributed by atoms with E-state index in [0.29, 0.717) is 16.8 Å². The molecule has 0 saturated carbocycles. The van der Waals surface area contributed by atoms with Gasteiger partial charge in [0, 0.05) is 17.8 Å². The average Bonchev–Trinajstić information content (AvgIpc) is 3.26. The van der Waals surface area contributed by atoms with Gasteiger partial charge in [-0.2, -0.15) is 4.68 Å². The second-order valence-corrected chi connectivity index (χ2v) is 7.90. The van der Waals surface area contributed by atoms with Crippen LogP contribution in [0.1, 0.15) is 53.8 Å². The normalized spacial score (nSPS) is 11.3. The van der Waals surface area contributed by atoms with Crippen molar-refractivity contribution < 1.29 is 19.2 Å². The quantitative estimate of drug-likeness (QED) is 0.121. The standard InChI is InChI=1S/C20H24N8O4/c1-20(2,3)14-7-16(21)28(17(22)15-6-13(9-29)32-27-15)26-19(14)31-10-12-5-4-11(8-24-12)18(30)25-23/h4-8,21-22,29H,9-10,23H2,1-3H3,(H,25,30). The Morgan fingerprint density at radius 3 is 2.66 bits per heavy atom. The number of nitrogens with zero attached hydrogens (tertiary/aromatic N) is 4. The van der Waals surface area contributed by atoms with Gasteiger partial charge in [-0.3, -0.25) is 26.0 Å². The van der Waals surface area contributed by atoms with E-state index in [-0.39, 0.29) is 41.9 Å². The fraction of sp³-hybridized carbons (Fsp3) is 0.300. The van der Waals surface area contributed by atoms with Gasteiger partial charge in [-0.15, -0.1) is 5.10 Å². The number of nitrogens with two attached hydrogens (primary N) is 1. The molecule has 12 nitrogen and oxygen atoms in total. The number of aliphatic hydroxyl groups excluding tert-OH is 1. The zero-order valence-corrected chi connectivity index (χ0v) is 17.8. The zero-order chi connectivity index (χ0) is 23.5. The number of ether oxygens (including phenoxy) is 1. The summed E-state index contributed by atoms with van der Waals surface area (Å²) in [6.07, 6.45) is 1.38. The Labute approximate surface area is 183 Å². The monoisotopic (exact) mass is 440 g/mol. The predicted molar refractivity (Wildman–Crippen MR) is 112 cm³/mol. The molecule has 0 aliphatic heterocycles. The van der Waals surface area contributed by atoms with E-state index in [1.807, 2.05) is 26.2 Å². The summed E-state index contributed by atoms with van der Waals surface area (Å²) in [7, 11) is 0. The molecule has 0 saturated heterocycles. The Hall–Kier alpha value is -3.90. The van der Waals surface area contributed by atoms with Gasteiger partial charge >= 0.3 is 0 Å². The summed E-state index contributed by atoms with van der Waals surface area (Å²) < 4.78 is 11.9. The van der Waals surface area contributed by atoms with Gasteiger partial charge in [0.05, 0.1) is 11.3 Å². The molecule has 12 heteroatoms. The fourth-order valence-electron chi connectivity index (χ4n) is 2.75. The maximum atomic E-state index is 11.5. The molecular weight excluding hydrogens is 416 g/mol. The number of rotatable bonds is 6. The van der Waals surface area contributed by atoms with Crippen LogP contribution in [0.5, 0.6) is 5.88 Å². The smallest absolute Gasteiger partial charge is 0.266 e. The summed E-state index contributed by atoms with van der Waals surface area (Å²) in [5, 5.41) is 33.9. The van der Waals surface area contributed by atoms with Gasteiger partial charge in [-0.05, 0) is 23.6 Å². The number of carbonyl (C=O) groups excluding carboxylic acids is 1. The SMILES string of the molecule is CC(C)(C)c1cc(=N)n(C(=N)c2cc(CO)on2)nc1OCc1ccc(C(=O)NN)cn1. The van der Waals surface area contributed by atoms with Crippen LogP contribution in [0.3, 0.4) is 0 Å². The number of hydrogen-bond acceptors (Lipinski definition) is 10. The lowest BCUT2D eigenvalue weighted by Crippen LogP contribution is -2.32. The molecule has 3 heterocycles. The highest BCUT2D eigenvalue weighted by Crippen LogP contribution is 2.28. The third-order valence-electron chi connectivity index (χ3n) is 4.48. The number of hydrazine groups is 1. The van der Waals surface area contributed by atoms with Crippen LogP contribution < -0.4 is 21.5 Å². The Morgan fingerprint density at radius 2 is 2.09 bits per heavy atom. The summed E-state index contributed by atoms with van der Waals surface area (Å²) in [6, 6.07) is 6.17. The molecule has 0 unspecified atom stereocenters. The summed E-state index contributed by atoms with van der Waals surface area (Å²) in [4.78, 5) is 15.7. The van der Waals surface area contributed by atoms with Crippen molar-refractivity contribution in [3.63, 3.8) is 0 Å². The zero-order valence-electron chi connectivity index (χ0n) is 17.8. The van der Waals surface area contributed by atoms with Crippen LogP contribution in [0.2, 0.25) is 0 Å². The highest BCUT2D eigenvalue weighted by atomic mass is 16.5. The molecule has 0 fully saturated rings. The molecular formula is C20H24N8O4. The van der Waals surface area contributed by atoms with Crippen LogP contribution in [-0.2, 0) is 18.6 Å². The van der Waals surface area contributed by atoms with E-state index in [2.05, 4.69) is 15.2 Å². The van der Waals surface area contributed by atoms with Gasteiger partial charge in [0.2, 0.25) is 5.88 Å². The van der Waals surface area contributed by atoms with E-state index in [9.17, 15) is 4.79 Å². The molecule has 3 aromatic rings. The predicted octanol–water partition coefficient (Wildman–Crippen LogP) is 0.592. The van der Waals surface area contributed by atoms with E-state index in [0.717, 1.165) is 4.68 Å². The molecule has 168 valence electrons. The minimum Gasteiger partial charge on any atom is -0.470 e. The van der Waals surface area contributed by atoms with Crippen LogP contribution in [0.25, 0.3) is 0 Å². The van der Waals surface area contributed by atoms with E-state index < -0.39 is 11.3 Å². The summed E-state index contributed by atoms with van der Waals surface area (Å²) in [5.41, 5.74) is 3.23. The number of nitrogen functional groups attached to an aromatic ring is 1. The van der Waals surface area contributed by atoms with Crippen LogP contribution >= 0.6 is 0 Å². The molecule has 3 rings (SSSR count). The highest BCUT2D eigenvalue weighted by Gasteiger charge is 2.23. The van der Waals surface area contributed by atoms with Gasteiger partial charge < -0.3 is 14.4 Å². The molecule has 0 aromatic carbocycles. The van der Waals surface area contributed by atoms with Crippen molar-refractivity contribution in [1.82, 2.24) is 25.3 Å². The molecule has 0 atom stereocenters. The van der Waals surface area contributed by atoms with Crippen LogP contribution in [0.4, 0.5) is 0 Å². The number of aliphatic hydroxyl groups is 1. The van der Waals surface area contributed by atoms with Crippen LogP contribution in [0.15, 0.2) is 35.0 Å². The summed E-state index contributed by atoms with van der Waals surface area (Å²) in [6.45, 7) is 5.55. The molecule has 3 aromatic heterocycles. The van der Waals surface area contributed by atoms with Crippen molar-refractivity contribution >= 4 is 11.7 Å². The first-order valence-electron chi connectivity index (χ1n) is 9.58. The van der Waals surface area contributed by atoms with Crippen molar-refractivity contribution in [2.45, 2.75) is 39.4 Å². The van der Waals surface area contributed by atoms with Crippen molar-refractivity contribution in [1.29, 1.82) is 10.8 Å². The molecule has 0 bridgehead atoms. The molecule has 32 heavy (non-hydrogen) atoms. The second-order valence-electron chi connectivity index (χ2n) is 7.90. The lowest BCUT2D eigenvalue weighted by molar-refractivity contribution is 0.0953. The third kappa shape index (κ3) is 4.87. The first kappa shape index (κ1) is 22.8. The maximum Gasteiger partial charge on any atom is 0.266 e. The number of nitrogens with one attached hydrogen (secondary N) is 3. The molecule has 0 radical (unpaired) electrons. The number of carbonyl (C=O) groups is 1. The largest absolute Gasteiger partial charge is 0.470 e. The molecule has 0 spiro atoms. The summed E-state index contributed by atoms with van der Waals surface area (Å²) >= 11 is 0. The number of aromatic nitrogens is 4. The highest BCUT2D eigenvalue weighted by molar-refractivity contribution is 5.95. The third-order valence-corrected chi connectivity index (χ3v) is 4.48. The average molecular weight is 440 g/mol. The van der Waals surface area contributed by atoms with Crippen molar-refractivity contribution in [2.75, 3.05) is 0 Å². The number of hydrogen-bond donors (Lipinski definition) is 5. The van der Waals surface area contributed by atoms with Gasteiger partial charge in [0.25, 0.3) is 5.91 Å². The Morgan fingerprint density at radius 1 is 1.34 bits per heavy atom. The van der Waals surface area contributed by atoms with E-state index >= 15 is 0 Å². The fourth-order valence-corrected chi connectivity index (χ4v) is 2.75. The van der Waals surface area contributed by atoms with Crippen molar-refractivity contribution in [3.05, 3.63) is 64.2 Å². The Balaban J connectivity index is 1.92. The van der Waals surface area contributed by atoms with Gasteiger partial charge in [-0.1, -0.05) is 25.9 Å². The van der Waals surface area contributed by atoms with E-state index in [4.69, 9.17) is 31.0 Å². The minimum atomic E-state index is -0.454. The second kappa shape index (κ2) is 9.08. The molecule has 0 aliphatic rings. The van der Waals surface area contributed by atoms with Gasteiger partial charge in [0.1, 0.15) is 18.7 Å². The minimum absolute atomic E-state index is 0.0453. The first-order valence-corrected chi connectivity index (χ1v) is 9.58. The van der Waals surface area contributed by atoms with Crippen LogP contribution in [0, 0.1) is 10.8 Å². The lowest BCUT2D eigenvalue weighted by atomic mass is 9.88. The van der Waals surface area contributed by atoms with Crippen LogP contribution in [-0.4, -0.2) is 36.8 Å². The summed E-state index contributed by atoms with van der Waals surface area (Å²) in [5.74, 6) is 4.86. The molecule has 1 amide bonds. The van der Waals surface area contributed by atoms with Gasteiger partial charge in [-0.25, -0.2) is 5.84 Å². The maximum absolute atomic E-state index is 11.5. The molecule has 0 aliphatic carbocycles. The van der Waals surface area contributed by atoms with E-state index in [1.165, 1.54) is 12.3 Å². The first-order chi connectivity index (χ1) is 15.1. The lowest BCUT2D eigenvalue weighted by Gasteiger charge is -2.22. The number of amides is 1. The molecule has 6 N–H and O–H groups in total. The number of pyridine rings is 1. The van der Waals surface area contributed by atoms with Gasteiger partial charge in [0.15, 0.2) is 17.3 Å².